The summed E-state index contributed by atoms with van der Waals surface area (Å²) in [7, 11) is 1.89. The Bertz CT molecular complexity index is 718. The van der Waals surface area contributed by atoms with Crippen molar-refractivity contribution in [1.82, 2.24) is 25.4 Å². The predicted octanol–water partition coefficient (Wildman–Crippen LogP) is 2.28. The number of rotatable bonds is 5. The fourth-order valence-corrected chi connectivity index (χ4v) is 3.10. The van der Waals surface area contributed by atoms with E-state index >= 15 is 0 Å². The summed E-state index contributed by atoms with van der Waals surface area (Å²) in [5.41, 5.74) is 3.06. The van der Waals surface area contributed by atoms with E-state index in [1.165, 1.54) is 12.8 Å². The highest BCUT2D eigenvalue weighted by atomic mass is 16.2. The van der Waals surface area contributed by atoms with Gasteiger partial charge in [-0.25, -0.2) is 9.78 Å². The molecule has 0 spiro atoms. The number of pyridine rings is 1. The van der Waals surface area contributed by atoms with Crippen molar-refractivity contribution >= 4 is 11.8 Å². The number of nitrogens with zero attached hydrogens (tertiary/aromatic N) is 4. The maximum Gasteiger partial charge on any atom is 0.315 e. The predicted molar refractivity (Wildman–Crippen MR) is 97.4 cm³/mol. The van der Waals surface area contributed by atoms with Gasteiger partial charge in [0, 0.05) is 44.1 Å². The van der Waals surface area contributed by atoms with E-state index in [1.54, 1.807) is 10.9 Å². The molecule has 1 aliphatic heterocycles. The first kappa shape index (κ1) is 17.3. The Morgan fingerprint density at radius 3 is 2.64 bits per heavy atom. The first-order chi connectivity index (χ1) is 12.0. The van der Waals surface area contributed by atoms with Crippen LogP contribution in [0.3, 0.4) is 0 Å². The fourth-order valence-electron chi connectivity index (χ4n) is 3.10. The number of aromatic nitrogens is 3. The molecule has 7 heteroatoms. The number of aryl methyl sites for hydroxylation is 1. The van der Waals surface area contributed by atoms with Gasteiger partial charge in [-0.3, -0.25) is 4.68 Å². The molecule has 1 fully saturated rings. The molecule has 0 radical (unpaired) electrons. The van der Waals surface area contributed by atoms with Crippen LogP contribution in [-0.2, 0) is 13.6 Å². The van der Waals surface area contributed by atoms with Crippen molar-refractivity contribution < 1.29 is 4.79 Å². The maximum absolute atomic E-state index is 12.1. The summed E-state index contributed by atoms with van der Waals surface area (Å²) < 4.78 is 1.80. The molecule has 0 aromatic carbocycles. The van der Waals surface area contributed by atoms with Gasteiger partial charge in [-0.1, -0.05) is 6.07 Å². The van der Waals surface area contributed by atoms with Crippen LogP contribution in [0.2, 0.25) is 0 Å². The van der Waals surface area contributed by atoms with Crippen molar-refractivity contribution in [3.63, 3.8) is 0 Å². The molecule has 1 aliphatic rings. The minimum absolute atomic E-state index is 0.0932. The van der Waals surface area contributed by atoms with E-state index in [1.807, 2.05) is 39.2 Å². The van der Waals surface area contributed by atoms with E-state index in [0.29, 0.717) is 6.54 Å². The number of hydrogen-bond acceptors (Lipinski definition) is 4. The molecule has 3 heterocycles. The van der Waals surface area contributed by atoms with Gasteiger partial charge in [0.25, 0.3) is 0 Å². The molecule has 2 aromatic rings. The van der Waals surface area contributed by atoms with Gasteiger partial charge in [0.1, 0.15) is 5.82 Å². The number of urea groups is 1. The van der Waals surface area contributed by atoms with Crippen LogP contribution >= 0.6 is 0 Å². The summed E-state index contributed by atoms with van der Waals surface area (Å²) in [4.78, 5) is 18.9. The van der Waals surface area contributed by atoms with Gasteiger partial charge >= 0.3 is 6.03 Å². The van der Waals surface area contributed by atoms with Gasteiger partial charge in [-0.05, 0) is 38.3 Å². The van der Waals surface area contributed by atoms with Crippen LogP contribution in [0, 0.1) is 6.92 Å². The molecule has 2 N–H and O–H groups in total. The molecule has 2 amide bonds. The first-order valence-corrected chi connectivity index (χ1v) is 8.77. The van der Waals surface area contributed by atoms with Crippen LogP contribution in [0.15, 0.2) is 24.5 Å². The van der Waals surface area contributed by atoms with Gasteiger partial charge in [0.15, 0.2) is 0 Å². The lowest BCUT2D eigenvalue weighted by Crippen LogP contribution is -2.36. The number of amides is 2. The van der Waals surface area contributed by atoms with Crippen LogP contribution < -0.4 is 15.5 Å². The van der Waals surface area contributed by atoms with Crippen molar-refractivity contribution in [1.29, 1.82) is 0 Å². The highest BCUT2D eigenvalue weighted by Gasteiger charge is 2.15. The molecule has 1 saturated heterocycles. The first-order valence-electron chi connectivity index (χ1n) is 8.77. The SMILES string of the molecule is Cc1c([C@H](C)NC(=O)NCc2ccc(N3CCCC3)nc2)cnn1C. The van der Waals surface area contributed by atoms with Crippen LogP contribution in [0.4, 0.5) is 10.6 Å². The fraction of sp³-hybridized carbons (Fsp3) is 0.500. The molecule has 25 heavy (non-hydrogen) atoms. The van der Waals surface area contributed by atoms with E-state index in [-0.39, 0.29) is 12.1 Å². The molecule has 0 saturated carbocycles. The zero-order valence-electron chi connectivity index (χ0n) is 15.1. The average molecular weight is 342 g/mol. The minimum atomic E-state index is -0.195. The summed E-state index contributed by atoms with van der Waals surface area (Å²) in [5.74, 6) is 1.02. The van der Waals surface area contributed by atoms with Crippen molar-refractivity contribution in [3.8, 4) is 0 Å². The molecular formula is C18H26N6O. The molecule has 0 bridgehead atoms. The number of nitrogens with one attached hydrogen (secondary N) is 2. The normalized spacial score (nSPS) is 15.2. The molecule has 134 valence electrons. The van der Waals surface area contributed by atoms with Crippen LogP contribution in [0.25, 0.3) is 0 Å². The molecule has 0 unspecified atom stereocenters. The zero-order valence-corrected chi connectivity index (χ0v) is 15.1. The Labute approximate surface area is 148 Å². The van der Waals surface area contributed by atoms with Crippen molar-refractivity contribution in [3.05, 3.63) is 41.3 Å². The third kappa shape index (κ3) is 4.10. The minimum Gasteiger partial charge on any atom is -0.357 e. The molecule has 0 aliphatic carbocycles. The number of carbonyl (C=O) groups excluding carboxylic acids is 1. The highest BCUT2D eigenvalue weighted by Crippen LogP contribution is 2.18. The van der Waals surface area contributed by atoms with Crippen LogP contribution in [0.1, 0.15) is 42.6 Å². The molecule has 7 nitrogen and oxygen atoms in total. The van der Waals surface area contributed by atoms with E-state index in [9.17, 15) is 4.79 Å². The van der Waals surface area contributed by atoms with Gasteiger partial charge in [0.05, 0.1) is 12.2 Å². The van der Waals surface area contributed by atoms with Gasteiger partial charge < -0.3 is 15.5 Å². The Morgan fingerprint density at radius 2 is 2.04 bits per heavy atom. The van der Waals surface area contributed by atoms with Crippen molar-refractivity contribution in [2.45, 2.75) is 39.3 Å². The summed E-state index contributed by atoms with van der Waals surface area (Å²) in [6.45, 7) is 6.57. The van der Waals surface area contributed by atoms with E-state index in [0.717, 1.165) is 35.7 Å². The smallest absolute Gasteiger partial charge is 0.315 e. The van der Waals surface area contributed by atoms with E-state index < -0.39 is 0 Å². The van der Waals surface area contributed by atoms with Gasteiger partial charge in [-0.15, -0.1) is 0 Å². The van der Waals surface area contributed by atoms with E-state index in [2.05, 4.69) is 25.6 Å². The summed E-state index contributed by atoms with van der Waals surface area (Å²) in [5, 5.41) is 10.0. The standard InChI is InChI=1S/C18H26N6O/c1-13(16-12-21-23(3)14(16)2)22-18(25)20-11-15-6-7-17(19-10-15)24-8-4-5-9-24/h6-7,10,12-13H,4-5,8-9,11H2,1-3H3,(H2,20,22,25)/t13-/m0/s1. The Hall–Kier alpha value is -2.57. The quantitative estimate of drug-likeness (QED) is 0.874. The number of hydrogen-bond donors (Lipinski definition) is 2. The lowest BCUT2D eigenvalue weighted by Gasteiger charge is -2.17. The lowest BCUT2D eigenvalue weighted by molar-refractivity contribution is 0.237. The summed E-state index contributed by atoms with van der Waals surface area (Å²) >= 11 is 0. The summed E-state index contributed by atoms with van der Waals surface area (Å²) in [6.07, 6.45) is 6.10. The van der Waals surface area contributed by atoms with Crippen molar-refractivity contribution in [2.24, 2.45) is 7.05 Å². The van der Waals surface area contributed by atoms with Crippen molar-refractivity contribution in [2.75, 3.05) is 18.0 Å². The van der Waals surface area contributed by atoms with Crippen LogP contribution in [0.5, 0.6) is 0 Å². The Kier molecular flexibility index (Phi) is 5.21. The molecular weight excluding hydrogens is 316 g/mol. The average Bonchev–Trinajstić information content (AvgIpc) is 3.25. The number of carbonyl (C=O) groups is 1. The maximum atomic E-state index is 12.1. The Balaban J connectivity index is 1.49. The second-order valence-electron chi connectivity index (χ2n) is 6.58. The Morgan fingerprint density at radius 1 is 1.28 bits per heavy atom. The monoisotopic (exact) mass is 342 g/mol. The van der Waals surface area contributed by atoms with E-state index in [4.69, 9.17) is 0 Å². The zero-order chi connectivity index (χ0) is 17.8. The third-order valence-corrected chi connectivity index (χ3v) is 4.78. The number of anilines is 1. The van der Waals surface area contributed by atoms with Gasteiger partial charge in [-0.2, -0.15) is 5.10 Å². The summed E-state index contributed by atoms with van der Waals surface area (Å²) in [6, 6.07) is 3.76. The molecule has 3 rings (SSSR count). The third-order valence-electron chi connectivity index (χ3n) is 4.78. The topological polar surface area (TPSA) is 75.1 Å². The largest absolute Gasteiger partial charge is 0.357 e. The van der Waals surface area contributed by atoms with Crippen LogP contribution in [-0.4, -0.2) is 33.9 Å². The van der Waals surface area contributed by atoms with Gasteiger partial charge in [0.2, 0.25) is 0 Å². The lowest BCUT2D eigenvalue weighted by atomic mass is 10.1. The second-order valence-corrected chi connectivity index (χ2v) is 6.58. The molecule has 2 aromatic heterocycles. The molecule has 1 atom stereocenters. The highest BCUT2D eigenvalue weighted by molar-refractivity contribution is 5.74. The second kappa shape index (κ2) is 7.55.